The third kappa shape index (κ3) is 5.31. The zero-order valence-corrected chi connectivity index (χ0v) is 19.8. The average molecular weight is 472 g/mol. The Balaban J connectivity index is 1.30. The van der Waals surface area contributed by atoms with Crippen LogP contribution in [-0.2, 0) is 6.54 Å². The van der Waals surface area contributed by atoms with Crippen LogP contribution in [0.15, 0.2) is 55.0 Å². The molecule has 4 aromatic rings. The number of hydrogen-bond acceptors (Lipinski definition) is 9. The van der Waals surface area contributed by atoms with Gasteiger partial charge in [-0.3, -0.25) is 9.88 Å². The summed E-state index contributed by atoms with van der Waals surface area (Å²) < 4.78 is 11.3. The summed E-state index contributed by atoms with van der Waals surface area (Å²) in [4.78, 5) is 20.5. The number of likely N-dealkylation sites (tertiary alicyclic amines) is 1. The highest BCUT2D eigenvalue weighted by Gasteiger charge is 2.14. The molecule has 1 aromatic carbocycles. The van der Waals surface area contributed by atoms with Crippen LogP contribution in [0.3, 0.4) is 0 Å². The third-order valence-electron chi connectivity index (χ3n) is 6.08. The largest absolute Gasteiger partial charge is 0.494 e. The van der Waals surface area contributed by atoms with Crippen molar-refractivity contribution in [1.29, 1.82) is 0 Å². The van der Waals surface area contributed by atoms with E-state index >= 15 is 0 Å². The molecule has 1 aliphatic heterocycles. The second-order valence-electron chi connectivity index (χ2n) is 8.41. The number of methoxy groups -OCH3 is 1. The molecule has 0 amide bonds. The molecule has 1 fully saturated rings. The SMILES string of the molecule is COc1cncc2nc(-c3ccnc(Nc4ccc(OCCN5CCCC5)cc4)c3)nc(CN)c12. The molecule has 9 nitrogen and oxygen atoms in total. The molecule has 0 radical (unpaired) electrons. The number of fused-ring (bicyclic) bond motifs is 1. The number of ether oxygens (including phenoxy) is 2. The van der Waals surface area contributed by atoms with Crippen LogP contribution in [0.25, 0.3) is 22.3 Å². The molecule has 0 bridgehead atoms. The number of benzene rings is 1. The Morgan fingerprint density at radius 2 is 1.89 bits per heavy atom. The summed E-state index contributed by atoms with van der Waals surface area (Å²) in [5, 5.41) is 4.12. The third-order valence-corrected chi connectivity index (χ3v) is 6.08. The lowest BCUT2D eigenvalue weighted by Crippen LogP contribution is -2.25. The van der Waals surface area contributed by atoms with Gasteiger partial charge in [0.05, 0.1) is 36.1 Å². The van der Waals surface area contributed by atoms with E-state index in [-0.39, 0.29) is 6.54 Å². The summed E-state index contributed by atoms with van der Waals surface area (Å²) in [5.74, 6) is 2.71. The molecule has 0 saturated carbocycles. The van der Waals surface area contributed by atoms with Crippen LogP contribution in [0.1, 0.15) is 18.5 Å². The average Bonchev–Trinajstić information content (AvgIpc) is 3.42. The van der Waals surface area contributed by atoms with Gasteiger partial charge < -0.3 is 20.5 Å². The van der Waals surface area contributed by atoms with Crippen LogP contribution in [0.5, 0.6) is 11.5 Å². The first kappa shape index (κ1) is 22.9. The van der Waals surface area contributed by atoms with Gasteiger partial charge in [-0.25, -0.2) is 15.0 Å². The van der Waals surface area contributed by atoms with Gasteiger partial charge in [-0.15, -0.1) is 0 Å². The maximum Gasteiger partial charge on any atom is 0.160 e. The van der Waals surface area contributed by atoms with Gasteiger partial charge in [-0.05, 0) is 62.3 Å². The molecular formula is C26H29N7O2. The first-order valence-corrected chi connectivity index (χ1v) is 11.8. The minimum atomic E-state index is 0.259. The van der Waals surface area contributed by atoms with Crippen molar-refractivity contribution in [2.24, 2.45) is 5.73 Å². The lowest BCUT2D eigenvalue weighted by atomic mass is 10.1. The standard InChI is InChI=1S/C26H29N7O2/c1-34-23-17-28-16-22-25(23)21(15-27)31-26(32-22)18-8-9-29-24(14-18)30-19-4-6-20(7-5-19)35-13-12-33-10-2-3-11-33/h4-9,14,16-17H,2-3,10-13,15,27H2,1H3,(H,29,30). The van der Waals surface area contributed by atoms with Gasteiger partial charge in [0.2, 0.25) is 0 Å². The highest BCUT2D eigenvalue weighted by Crippen LogP contribution is 2.29. The summed E-state index contributed by atoms with van der Waals surface area (Å²) in [7, 11) is 1.60. The number of nitrogens with zero attached hydrogens (tertiary/aromatic N) is 5. The minimum absolute atomic E-state index is 0.259. The fourth-order valence-corrected chi connectivity index (χ4v) is 4.28. The van der Waals surface area contributed by atoms with Gasteiger partial charge in [0.25, 0.3) is 0 Å². The van der Waals surface area contributed by atoms with E-state index in [1.54, 1.807) is 25.7 Å². The molecule has 35 heavy (non-hydrogen) atoms. The monoisotopic (exact) mass is 471 g/mol. The molecule has 3 N–H and O–H groups in total. The molecule has 0 aliphatic carbocycles. The van der Waals surface area contributed by atoms with Crippen LogP contribution in [-0.4, -0.2) is 58.2 Å². The number of anilines is 2. The smallest absolute Gasteiger partial charge is 0.160 e. The fourth-order valence-electron chi connectivity index (χ4n) is 4.28. The zero-order valence-electron chi connectivity index (χ0n) is 19.8. The van der Waals surface area contributed by atoms with E-state index in [0.717, 1.165) is 28.9 Å². The predicted molar refractivity (Wildman–Crippen MR) is 136 cm³/mol. The Bertz CT molecular complexity index is 1290. The van der Waals surface area contributed by atoms with Crippen molar-refractivity contribution in [3.05, 3.63) is 60.7 Å². The molecule has 5 rings (SSSR count). The van der Waals surface area contributed by atoms with Crippen LogP contribution in [0.4, 0.5) is 11.5 Å². The molecule has 0 spiro atoms. The number of nitrogens with one attached hydrogen (secondary N) is 1. The zero-order chi connectivity index (χ0) is 24.0. The molecule has 1 saturated heterocycles. The quantitative estimate of drug-likeness (QED) is 0.377. The normalized spacial score (nSPS) is 13.8. The number of pyridine rings is 2. The summed E-state index contributed by atoms with van der Waals surface area (Å²) in [6, 6.07) is 11.7. The van der Waals surface area contributed by atoms with Crippen LogP contribution in [0, 0.1) is 0 Å². The van der Waals surface area contributed by atoms with E-state index in [9.17, 15) is 0 Å². The molecule has 9 heteroatoms. The van der Waals surface area contributed by atoms with Crippen LogP contribution < -0.4 is 20.5 Å². The Morgan fingerprint density at radius 3 is 2.66 bits per heavy atom. The second kappa shape index (κ2) is 10.6. The lowest BCUT2D eigenvalue weighted by molar-refractivity contribution is 0.238. The van der Waals surface area contributed by atoms with Gasteiger partial charge in [-0.1, -0.05) is 0 Å². The first-order valence-electron chi connectivity index (χ1n) is 11.8. The molecule has 180 valence electrons. The Morgan fingerprint density at radius 1 is 1.06 bits per heavy atom. The first-order chi connectivity index (χ1) is 17.2. The van der Waals surface area contributed by atoms with Gasteiger partial charge in [0.15, 0.2) is 5.82 Å². The second-order valence-corrected chi connectivity index (χ2v) is 8.41. The summed E-state index contributed by atoms with van der Waals surface area (Å²) in [5.41, 5.74) is 9.11. The van der Waals surface area contributed by atoms with Crippen molar-refractivity contribution in [3.8, 4) is 22.9 Å². The summed E-state index contributed by atoms with van der Waals surface area (Å²) in [6.07, 6.45) is 7.65. The molecule has 1 aliphatic rings. The number of aromatic nitrogens is 4. The topological polar surface area (TPSA) is 111 Å². The van der Waals surface area contributed by atoms with E-state index in [1.165, 1.54) is 25.9 Å². The van der Waals surface area contributed by atoms with Crippen molar-refractivity contribution in [1.82, 2.24) is 24.8 Å². The number of hydrogen-bond donors (Lipinski definition) is 2. The Hall–Kier alpha value is -3.82. The van der Waals surface area contributed by atoms with E-state index in [2.05, 4.69) is 20.2 Å². The summed E-state index contributed by atoms with van der Waals surface area (Å²) in [6.45, 7) is 4.30. The van der Waals surface area contributed by atoms with E-state index in [4.69, 9.17) is 25.2 Å². The molecule has 0 unspecified atom stereocenters. The van der Waals surface area contributed by atoms with E-state index in [0.29, 0.717) is 35.2 Å². The number of rotatable bonds is 9. The maximum absolute atomic E-state index is 5.99. The van der Waals surface area contributed by atoms with E-state index in [1.807, 2.05) is 36.4 Å². The highest BCUT2D eigenvalue weighted by atomic mass is 16.5. The molecule has 0 atom stereocenters. The Kier molecular flexibility index (Phi) is 6.97. The number of nitrogens with two attached hydrogens (primary N) is 1. The Labute approximate surface area is 204 Å². The lowest BCUT2D eigenvalue weighted by Gasteiger charge is -2.15. The minimum Gasteiger partial charge on any atom is -0.494 e. The van der Waals surface area contributed by atoms with E-state index < -0.39 is 0 Å². The predicted octanol–water partition coefficient (Wildman–Crippen LogP) is 3.77. The summed E-state index contributed by atoms with van der Waals surface area (Å²) >= 11 is 0. The van der Waals surface area contributed by atoms with Gasteiger partial charge in [-0.2, -0.15) is 0 Å². The van der Waals surface area contributed by atoms with Crippen molar-refractivity contribution < 1.29 is 9.47 Å². The molecular weight excluding hydrogens is 442 g/mol. The maximum atomic E-state index is 5.99. The van der Waals surface area contributed by atoms with Crippen molar-refractivity contribution in [2.75, 3.05) is 38.7 Å². The molecule has 3 aromatic heterocycles. The van der Waals surface area contributed by atoms with Crippen LogP contribution in [0.2, 0.25) is 0 Å². The van der Waals surface area contributed by atoms with Gasteiger partial charge >= 0.3 is 0 Å². The van der Waals surface area contributed by atoms with Gasteiger partial charge in [0, 0.05) is 30.5 Å². The molecule has 4 heterocycles. The van der Waals surface area contributed by atoms with Crippen molar-refractivity contribution >= 4 is 22.4 Å². The highest BCUT2D eigenvalue weighted by molar-refractivity contribution is 5.87. The van der Waals surface area contributed by atoms with Crippen molar-refractivity contribution in [3.63, 3.8) is 0 Å². The van der Waals surface area contributed by atoms with Crippen LogP contribution >= 0.6 is 0 Å². The fraction of sp³-hybridized carbons (Fsp3) is 0.308. The van der Waals surface area contributed by atoms with Gasteiger partial charge in [0.1, 0.15) is 23.9 Å². The van der Waals surface area contributed by atoms with Crippen molar-refractivity contribution in [2.45, 2.75) is 19.4 Å².